The molecule has 0 fully saturated rings. The molecule has 142 valence electrons. The highest BCUT2D eigenvalue weighted by Gasteiger charge is 2.40. The zero-order valence-electron chi connectivity index (χ0n) is 13.5. The van der Waals surface area contributed by atoms with Gasteiger partial charge in [0.25, 0.3) is 10.0 Å². The highest BCUT2D eigenvalue weighted by atomic mass is 32.2. The average molecular weight is 426 g/mol. The summed E-state index contributed by atoms with van der Waals surface area (Å²) in [7, 11) is -4.19. The number of thioether (sulfide) groups is 1. The molecular formula is C14H13F3N2O4S3. The number of esters is 1. The molecule has 0 aliphatic heterocycles. The second-order valence-electron chi connectivity index (χ2n) is 4.67. The molecule has 0 spiro atoms. The number of alkyl halides is 3. The molecule has 0 radical (unpaired) electrons. The lowest BCUT2D eigenvalue weighted by atomic mass is 10.3. The monoisotopic (exact) mass is 426 g/mol. The van der Waals surface area contributed by atoms with Crippen molar-refractivity contribution in [3.8, 4) is 0 Å². The van der Waals surface area contributed by atoms with Crippen LogP contribution in [0.2, 0.25) is 0 Å². The normalized spacial score (nSPS) is 12.0. The standard InChI is InChI=1S/C14H13F3N2O4S3/c1-3-23-12(20)10-11(14(15,16)17)18-13(25-10)19-26(21,22)9-7-5-4-6-8(9)24-2/h4-7H,3H2,1-2H3,(H,18,19). The molecule has 1 N–H and O–H groups in total. The van der Waals surface area contributed by atoms with E-state index in [1.165, 1.54) is 30.8 Å². The molecule has 1 heterocycles. The summed E-state index contributed by atoms with van der Waals surface area (Å²) >= 11 is 1.43. The Bertz CT molecular complexity index is 910. The van der Waals surface area contributed by atoms with Crippen molar-refractivity contribution in [2.75, 3.05) is 17.6 Å². The van der Waals surface area contributed by atoms with E-state index in [0.717, 1.165) is 0 Å². The summed E-state index contributed by atoms with van der Waals surface area (Å²) in [5, 5.41) is -0.573. The SMILES string of the molecule is CCOC(=O)c1sc(NS(=O)(=O)c2ccccc2SC)nc1C(F)(F)F. The number of nitrogens with one attached hydrogen (secondary N) is 1. The summed E-state index contributed by atoms with van der Waals surface area (Å²) in [5.74, 6) is -1.22. The number of thiazole rings is 1. The average Bonchev–Trinajstić information content (AvgIpc) is 2.98. The molecule has 12 heteroatoms. The van der Waals surface area contributed by atoms with Crippen LogP contribution in [0, 0.1) is 0 Å². The Labute approximate surface area is 155 Å². The van der Waals surface area contributed by atoms with Gasteiger partial charge in [0, 0.05) is 4.90 Å². The van der Waals surface area contributed by atoms with Gasteiger partial charge in [-0.25, -0.2) is 18.2 Å². The van der Waals surface area contributed by atoms with Crippen LogP contribution in [0.25, 0.3) is 0 Å². The van der Waals surface area contributed by atoms with Crippen molar-refractivity contribution in [2.45, 2.75) is 22.9 Å². The first kappa shape index (κ1) is 20.5. The maximum Gasteiger partial charge on any atom is 0.435 e. The summed E-state index contributed by atoms with van der Waals surface area (Å²) in [4.78, 5) is 14.5. The van der Waals surface area contributed by atoms with Crippen LogP contribution in [0.1, 0.15) is 22.3 Å². The number of halogens is 3. The molecule has 2 aromatic rings. The minimum Gasteiger partial charge on any atom is -0.462 e. The molecule has 0 aliphatic rings. The van der Waals surface area contributed by atoms with Gasteiger partial charge in [0.1, 0.15) is 9.77 Å². The van der Waals surface area contributed by atoms with Gasteiger partial charge in [-0.15, -0.1) is 11.8 Å². The maximum absolute atomic E-state index is 13.1. The number of aromatic nitrogens is 1. The first-order chi connectivity index (χ1) is 12.1. The predicted molar refractivity (Wildman–Crippen MR) is 92.1 cm³/mol. The third kappa shape index (κ3) is 4.48. The molecule has 0 unspecified atom stereocenters. The van der Waals surface area contributed by atoms with Crippen LogP contribution in [0.4, 0.5) is 18.3 Å². The zero-order valence-corrected chi connectivity index (χ0v) is 15.9. The lowest BCUT2D eigenvalue weighted by molar-refractivity contribution is -0.141. The van der Waals surface area contributed by atoms with Crippen molar-refractivity contribution >= 4 is 44.2 Å². The van der Waals surface area contributed by atoms with Crippen LogP contribution in [0.15, 0.2) is 34.1 Å². The summed E-state index contributed by atoms with van der Waals surface area (Å²) in [6, 6.07) is 6.00. The fourth-order valence-electron chi connectivity index (χ4n) is 1.90. The Morgan fingerprint density at radius 3 is 2.58 bits per heavy atom. The van der Waals surface area contributed by atoms with Gasteiger partial charge in [-0.2, -0.15) is 13.2 Å². The Balaban J connectivity index is 2.45. The molecule has 6 nitrogen and oxygen atoms in total. The number of nitrogens with zero attached hydrogens (tertiary/aromatic N) is 1. The second-order valence-corrected chi connectivity index (χ2v) is 8.17. The third-order valence-corrected chi connectivity index (χ3v) is 6.34. The number of hydrogen-bond acceptors (Lipinski definition) is 7. The molecule has 0 bridgehead atoms. The van der Waals surface area contributed by atoms with E-state index in [1.54, 1.807) is 18.4 Å². The van der Waals surface area contributed by atoms with Gasteiger partial charge in [0.15, 0.2) is 10.8 Å². The minimum absolute atomic E-state index is 0.103. The third-order valence-electron chi connectivity index (χ3n) is 2.94. The van der Waals surface area contributed by atoms with Crippen LogP contribution in [0.3, 0.4) is 0 Å². The first-order valence-corrected chi connectivity index (χ1v) is 10.5. The number of hydrogen-bond donors (Lipinski definition) is 1. The van der Waals surface area contributed by atoms with E-state index in [9.17, 15) is 26.4 Å². The van der Waals surface area contributed by atoms with Crippen LogP contribution in [-0.4, -0.2) is 32.2 Å². The fraction of sp³-hybridized carbons (Fsp3) is 0.286. The van der Waals surface area contributed by atoms with Gasteiger partial charge in [0.2, 0.25) is 0 Å². The smallest absolute Gasteiger partial charge is 0.435 e. The van der Waals surface area contributed by atoms with Crippen molar-refractivity contribution in [1.82, 2.24) is 4.98 Å². The second kappa shape index (κ2) is 7.84. The molecule has 0 atom stereocenters. The lowest BCUT2D eigenvalue weighted by Crippen LogP contribution is -2.15. The quantitative estimate of drug-likeness (QED) is 0.558. The molecule has 0 saturated carbocycles. The van der Waals surface area contributed by atoms with Crippen molar-refractivity contribution in [1.29, 1.82) is 0 Å². The molecule has 26 heavy (non-hydrogen) atoms. The molecule has 1 aromatic heterocycles. The van der Waals surface area contributed by atoms with E-state index in [2.05, 4.69) is 9.72 Å². The van der Waals surface area contributed by atoms with Crippen LogP contribution >= 0.6 is 23.1 Å². The van der Waals surface area contributed by atoms with E-state index in [0.29, 0.717) is 4.90 Å². The van der Waals surface area contributed by atoms with Gasteiger partial charge in [-0.3, -0.25) is 4.72 Å². The van der Waals surface area contributed by atoms with Crippen molar-refractivity contribution in [2.24, 2.45) is 0 Å². The number of carbonyl (C=O) groups is 1. The van der Waals surface area contributed by atoms with E-state index >= 15 is 0 Å². The number of rotatable bonds is 6. The van der Waals surface area contributed by atoms with E-state index in [-0.39, 0.29) is 22.8 Å². The first-order valence-electron chi connectivity index (χ1n) is 7.01. The number of benzene rings is 1. The van der Waals surface area contributed by atoms with Crippen LogP contribution in [0.5, 0.6) is 0 Å². The lowest BCUT2D eigenvalue weighted by Gasteiger charge is -2.08. The zero-order chi connectivity index (χ0) is 19.5. The van der Waals surface area contributed by atoms with Crippen molar-refractivity contribution < 1.29 is 31.1 Å². The highest BCUT2D eigenvalue weighted by Crippen LogP contribution is 2.37. The van der Waals surface area contributed by atoms with Crippen LogP contribution in [-0.2, 0) is 20.9 Å². The molecule has 0 aliphatic carbocycles. The van der Waals surface area contributed by atoms with Crippen LogP contribution < -0.4 is 4.72 Å². The molecular weight excluding hydrogens is 413 g/mol. The molecule has 0 saturated heterocycles. The topological polar surface area (TPSA) is 85.4 Å². The minimum atomic E-state index is -4.93. The Morgan fingerprint density at radius 1 is 1.35 bits per heavy atom. The summed E-state index contributed by atoms with van der Waals surface area (Å²) < 4.78 is 70.8. The molecule has 1 aromatic carbocycles. The summed E-state index contributed by atoms with van der Waals surface area (Å²) in [6.45, 7) is 1.31. The van der Waals surface area contributed by atoms with Gasteiger partial charge >= 0.3 is 12.1 Å². The highest BCUT2D eigenvalue weighted by molar-refractivity contribution is 7.99. The van der Waals surface area contributed by atoms with Crippen molar-refractivity contribution in [3.63, 3.8) is 0 Å². The van der Waals surface area contributed by atoms with Crippen molar-refractivity contribution in [3.05, 3.63) is 34.8 Å². The molecule has 2 rings (SSSR count). The van der Waals surface area contributed by atoms with Gasteiger partial charge in [0.05, 0.1) is 6.61 Å². The Morgan fingerprint density at radius 2 is 2.00 bits per heavy atom. The summed E-state index contributed by atoms with van der Waals surface area (Å²) in [5.41, 5.74) is -1.49. The number of ether oxygens (including phenoxy) is 1. The maximum atomic E-state index is 13.1. The van der Waals surface area contributed by atoms with E-state index in [1.807, 2.05) is 4.72 Å². The van der Waals surface area contributed by atoms with Gasteiger partial charge in [-0.05, 0) is 25.3 Å². The number of carbonyl (C=O) groups excluding carboxylic acids is 1. The van der Waals surface area contributed by atoms with Gasteiger partial charge in [-0.1, -0.05) is 23.5 Å². The summed E-state index contributed by atoms with van der Waals surface area (Å²) in [6.07, 6.45) is -3.27. The largest absolute Gasteiger partial charge is 0.462 e. The van der Waals surface area contributed by atoms with E-state index in [4.69, 9.17) is 0 Å². The predicted octanol–water partition coefficient (Wildman–Crippen LogP) is 3.86. The van der Waals surface area contributed by atoms with Gasteiger partial charge < -0.3 is 4.74 Å². The number of anilines is 1. The Hall–Kier alpha value is -1.79. The Kier molecular flexibility index (Phi) is 6.19. The molecule has 0 amide bonds. The van der Waals surface area contributed by atoms with E-state index < -0.39 is 37.9 Å². The fourth-order valence-corrected chi connectivity index (χ4v) is 5.17. The number of sulfonamides is 1.